The maximum atomic E-state index is 9.43. The minimum absolute atomic E-state index is 0.0995. The van der Waals surface area contributed by atoms with Crippen LogP contribution in [0.4, 0.5) is 5.69 Å². The number of aliphatic hydroxyl groups is 2. The molecule has 0 aliphatic heterocycles. The van der Waals surface area contributed by atoms with E-state index < -0.39 is 6.10 Å². The van der Waals surface area contributed by atoms with Gasteiger partial charge in [-0.25, -0.2) is 0 Å². The average molecular weight is 244 g/mol. The molecule has 1 unspecified atom stereocenters. The molecule has 16 heavy (non-hydrogen) atoms. The summed E-state index contributed by atoms with van der Waals surface area (Å²) in [6.45, 7) is 5.16. The molecule has 0 aromatic heterocycles. The van der Waals surface area contributed by atoms with Gasteiger partial charge >= 0.3 is 0 Å². The van der Waals surface area contributed by atoms with Crippen LogP contribution in [0.15, 0.2) is 18.2 Å². The molecule has 0 aliphatic rings. The lowest BCUT2D eigenvalue weighted by Crippen LogP contribution is -2.26. The summed E-state index contributed by atoms with van der Waals surface area (Å²) < 4.78 is 0. The Kier molecular flexibility index (Phi) is 5.06. The topological polar surface area (TPSA) is 43.7 Å². The van der Waals surface area contributed by atoms with Crippen molar-refractivity contribution in [1.82, 2.24) is 0 Å². The Morgan fingerprint density at radius 1 is 1.44 bits per heavy atom. The quantitative estimate of drug-likeness (QED) is 0.834. The summed E-state index contributed by atoms with van der Waals surface area (Å²) in [5.41, 5.74) is 1.69. The maximum absolute atomic E-state index is 9.43. The molecule has 1 rings (SSSR count). The minimum Gasteiger partial charge on any atom is -0.395 e. The zero-order valence-electron chi connectivity index (χ0n) is 9.65. The second-order valence-corrected chi connectivity index (χ2v) is 4.10. The first kappa shape index (κ1) is 13.3. The van der Waals surface area contributed by atoms with Gasteiger partial charge in [-0.15, -0.1) is 0 Å². The van der Waals surface area contributed by atoms with Gasteiger partial charge in [-0.2, -0.15) is 0 Å². The second kappa shape index (κ2) is 6.09. The number of nitrogens with zero attached hydrogens (tertiary/aromatic N) is 1. The van der Waals surface area contributed by atoms with E-state index in [0.717, 1.165) is 17.8 Å². The summed E-state index contributed by atoms with van der Waals surface area (Å²) in [6.07, 6.45) is -0.514. The van der Waals surface area contributed by atoms with Crippen molar-refractivity contribution in [2.24, 2.45) is 0 Å². The molecule has 1 aromatic carbocycles. The molecule has 4 heteroatoms. The van der Waals surface area contributed by atoms with Gasteiger partial charge in [-0.3, -0.25) is 0 Å². The smallest absolute Gasteiger partial charge is 0.0762 e. The van der Waals surface area contributed by atoms with Gasteiger partial charge in [-0.1, -0.05) is 17.7 Å². The van der Waals surface area contributed by atoms with E-state index in [-0.39, 0.29) is 6.61 Å². The van der Waals surface area contributed by atoms with Crippen LogP contribution in [0.2, 0.25) is 5.02 Å². The fourth-order valence-corrected chi connectivity index (χ4v) is 1.92. The van der Waals surface area contributed by atoms with Crippen molar-refractivity contribution in [3.05, 3.63) is 28.8 Å². The number of rotatable bonds is 5. The Morgan fingerprint density at radius 2 is 2.12 bits per heavy atom. The summed E-state index contributed by atoms with van der Waals surface area (Å²) >= 11 is 6.15. The molecule has 0 heterocycles. The zero-order valence-corrected chi connectivity index (χ0v) is 10.4. The molecule has 0 saturated carbocycles. The molecule has 1 atom stereocenters. The van der Waals surface area contributed by atoms with Crippen molar-refractivity contribution in [2.45, 2.75) is 20.0 Å². The van der Waals surface area contributed by atoms with E-state index >= 15 is 0 Å². The fourth-order valence-electron chi connectivity index (χ4n) is 1.61. The molecule has 2 N–H and O–H groups in total. The highest BCUT2D eigenvalue weighted by atomic mass is 35.5. The molecule has 90 valence electrons. The van der Waals surface area contributed by atoms with Gasteiger partial charge < -0.3 is 15.1 Å². The van der Waals surface area contributed by atoms with Crippen LogP contribution >= 0.6 is 11.6 Å². The molecule has 0 amide bonds. The summed E-state index contributed by atoms with van der Waals surface area (Å²) in [5.74, 6) is 0. The van der Waals surface area contributed by atoms with E-state index in [9.17, 15) is 5.11 Å². The number of hydrogen-bond acceptors (Lipinski definition) is 3. The monoisotopic (exact) mass is 243 g/mol. The van der Waals surface area contributed by atoms with Gasteiger partial charge in [0.25, 0.3) is 0 Å². The number of benzene rings is 1. The van der Waals surface area contributed by atoms with Crippen LogP contribution < -0.4 is 4.90 Å². The van der Waals surface area contributed by atoms with E-state index in [4.69, 9.17) is 16.7 Å². The Morgan fingerprint density at radius 3 is 2.56 bits per heavy atom. The largest absolute Gasteiger partial charge is 0.395 e. The fraction of sp³-hybridized carbons (Fsp3) is 0.500. The molecule has 0 aliphatic carbocycles. The first-order valence-corrected chi connectivity index (χ1v) is 5.81. The van der Waals surface area contributed by atoms with Crippen LogP contribution in [-0.2, 0) is 0 Å². The number of likely N-dealkylation sites (N-methyl/N-ethyl adjacent to an activating group) is 1. The SMILES string of the molecule is CCN(CCO)c1ccc(C(C)O)cc1Cl. The summed E-state index contributed by atoms with van der Waals surface area (Å²) in [7, 11) is 0. The molecule has 1 aromatic rings. The van der Waals surface area contributed by atoms with E-state index in [1.54, 1.807) is 13.0 Å². The van der Waals surface area contributed by atoms with Gasteiger partial charge in [0.2, 0.25) is 0 Å². The third-order valence-corrected chi connectivity index (χ3v) is 2.85. The van der Waals surface area contributed by atoms with E-state index in [1.165, 1.54) is 0 Å². The van der Waals surface area contributed by atoms with Crippen molar-refractivity contribution in [1.29, 1.82) is 0 Å². The summed E-state index contributed by atoms with van der Waals surface area (Å²) in [6, 6.07) is 5.50. The summed E-state index contributed by atoms with van der Waals surface area (Å²) in [5, 5.41) is 19.0. The Balaban J connectivity index is 2.96. The first-order chi connectivity index (χ1) is 7.60. The Labute approximate surface area is 101 Å². The van der Waals surface area contributed by atoms with Crippen molar-refractivity contribution < 1.29 is 10.2 Å². The lowest BCUT2D eigenvalue weighted by molar-refractivity contribution is 0.199. The molecule has 0 saturated heterocycles. The molecule has 0 fully saturated rings. The van der Waals surface area contributed by atoms with Crippen LogP contribution in [0.1, 0.15) is 25.5 Å². The minimum atomic E-state index is -0.514. The summed E-state index contributed by atoms with van der Waals surface area (Å²) in [4.78, 5) is 1.99. The van der Waals surface area contributed by atoms with Crippen molar-refractivity contribution >= 4 is 17.3 Å². The zero-order chi connectivity index (χ0) is 12.1. The highest BCUT2D eigenvalue weighted by Crippen LogP contribution is 2.28. The maximum Gasteiger partial charge on any atom is 0.0762 e. The molecule has 0 spiro atoms. The van der Waals surface area contributed by atoms with Gasteiger partial charge in [0.15, 0.2) is 0 Å². The van der Waals surface area contributed by atoms with Gasteiger partial charge in [-0.05, 0) is 31.5 Å². The normalized spacial score (nSPS) is 12.6. The second-order valence-electron chi connectivity index (χ2n) is 3.69. The van der Waals surface area contributed by atoms with Gasteiger partial charge in [0.1, 0.15) is 0 Å². The number of aliphatic hydroxyl groups excluding tert-OH is 2. The van der Waals surface area contributed by atoms with Crippen LogP contribution in [0.5, 0.6) is 0 Å². The van der Waals surface area contributed by atoms with Crippen LogP contribution in [0.3, 0.4) is 0 Å². The van der Waals surface area contributed by atoms with Crippen molar-refractivity contribution in [2.75, 3.05) is 24.6 Å². The first-order valence-electron chi connectivity index (χ1n) is 5.43. The standard InChI is InChI=1S/C12H18ClNO2/c1-3-14(6-7-15)12-5-4-10(9(2)16)8-11(12)13/h4-5,8-9,15-16H,3,6-7H2,1-2H3. The third-order valence-electron chi connectivity index (χ3n) is 2.55. The van der Waals surface area contributed by atoms with Crippen LogP contribution in [0.25, 0.3) is 0 Å². The predicted octanol–water partition coefficient (Wildman–Crippen LogP) is 2.21. The van der Waals surface area contributed by atoms with Gasteiger partial charge in [0, 0.05) is 13.1 Å². The number of anilines is 1. The predicted molar refractivity (Wildman–Crippen MR) is 67.1 cm³/mol. The van der Waals surface area contributed by atoms with Gasteiger partial charge in [0.05, 0.1) is 23.4 Å². The van der Waals surface area contributed by atoms with Crippen LogP contribution in [0, 0.1) is 0 Å². The highest BCUT2D eigenvalue weighted by Gasteiger charge is 2.10. The van der Waals surface area contributed by atoms with Crippen LogP contribution in [-0.4, -0.2) is 29.9 Å². The third kappa shape index (κ3) is 3.11. The van der Waals surface area contributed by atoms with Crippen molar-refractivity contribution in [3.63, 3.8) is 0 Å². The molecular formula is C12H18ClNO2. The Bertz CT molecular complexity index is 342. The Hall–Kier alpha value is -0.770. The molecule has 0 bridgehead atoms. The molecular weight excluding hydrogens is 226 g/mol. The lowest BCUT2D eigenvalue weighted by Gasteiger charge is -2.23. The van der Waals surface area contributed by atoms with E-state index in [1.807, 2.05) is 24.0 Å². The van der Waals surface area contributed by atoms with E-state index in [2.05, 4.69) is 0 Å². The highest BCUT2D eigenvalue weighted by molar-refractivity contribution is 6.33. The van der Waals surface area contributed by atoms with Crippen molar-refractivity contribution in [3.8, 4) is 0 Å². The van der Waals surface area contributed by atoms with E-state index in [0.29, 0.717) is 11.6 Å². The molecule has 3 nitrogen and oxygen atoms in total. The number of hydrogen-bond donors (Lipinski definition) is 2. The molecule has 0 radical (unpaired) electrons. The number of halogens is 1. The average Bonchev–Trinajstić information content (AvgIpc) is 2.26. The lowest BCUT2D eigenvalue weighted by atomic mass is 10.1.